The Kier molecular flexibility index (Phi) is 5.79. The minimum atomic E-state index is -3.36. The molecule has 1 aromatic heterocycles. The lowest BCUT2D eigenvalue weighted by Gasteiger charge is -2.21. The SMILES string of the molecule is CCS(=O)(=O)c1ncc(CN2CC[C@H](N(C)C)C2)n1Cc1ccccc1. The predicted molar refractivity (Wildman–Crippen MR) is 103 cm³/mol. The summed E-state index contributed by atoms with van der Waals surface area (Å²) in [6.45, 7) is 4.94. The Morgan fingerprint density at radius 1 is 1.19 bits per heavy atom. The predicted octanol–water partition coefficient (Wildman–Crippen LogP) is 1.86. The van der Waals surface area contributed by atoms with Gasteiger partial charge in [-0.2, -0.15) is 0 Å². The van der Waals surface area contributed by atoms with Crippen molar-refractivity contribution in [3.8, 4) is 0 Å². The van der Waals surface area contributed by atoms with Gasteiger partial charge in [0.1, 0.15) is 0 Å². The molecule has 26 heavy (non-hydrogen) atoms. The first-order chi connectivity index (χ1) is 12.4. The number of likely N-dealkylation sites (N-methyl/N-ethyl adjacent to an activating group) is 1. The fraction of sp³-hybridized carbons (Fsp3) is 0.526. The quantitative estimate of drug-likeness (QED) is 0.738. The van der Waals surface area contributed by atoms with Crippen molar-refractivity contribution in [2.24, 2.45) is 0 Å². The highest BCUT2D eigenvalue weighted by Crippen LogP contribution is 2.20. The van der Waals surface area contributed by atoms with Crippen molar-refractivity contribution in [3.63, 3.8) is 0 Å². The molecule has 0 unspecified atom stereocenters. The van der Waals surface area contributed by atoms with Gasteiger partial charge in [0.2, 0.25) is 15.0 Å². The molecular formula is C19H28N4O2S. The van der Waals surface area contributed by atoms with Gasteiger partial charge in [0.15, 0.2) is 0 Å². The average molecular weight is 377 g/mol. The Bertz CT molecular complexity index is 830. The fourth-order valence-corrected chi connectivity index (χ4v) is 4.43. The van der Waals surface area contributed by atoms with Crippen LogP contribution < -0.4 is 0 Å². The van der Waals surface area contributed by atoms with Crippen molar-refractivity contribution in [1.82, 2.24) is 19.4 Å². The van der Waals surface area contributed by atoms with E-state index in [0.29, 0.717) is 12.6 Å². The molecule has 1 aliphatic rings. The van der Waals surface area contributed by atoms with E-state index in [-0.39, 0.29) is 10.9 Å². The summed E-state index contributed by atoms with van der Waals surface area (Å²) < 4.78 is 26.9. The van der Waals surface area contributed by atoms with E-state index in [1.165, 1.54) is 0 Å². The van der Waals surface area contributed by atoms with E-state index < -0.39 is 9.84 Å². The Hall–Kier alpha value is -1.70. The van der Waals surface area contributed by atoms with E-state index in [4.69, 9.17) is 0 Å². The number of aromatic nitrogens is 2. The van der Waals surface area contributed by atoms with Crippen LogP contribution in [-0.2, 0) is 22.9 Å². The smallest absolute Gasteiger partial charge is 0.228 e. The van der Waals surface area contributed by atoms with Gasteiger partial charge in [-0.3, -0.25) is 4.90 Å². The van der Waals surface area contributed by atoms with Gasteiger partial charge in [0.05, 0.1) is 24.2 Å². The van der Waals surface area contributed by atoms with Gasteiger partial charge in [0, 0.05) is 25.7 Å². The van der Waals surface area contributed by atoms with Crippen LogP contribution in [0, 0.1) is 0 Å². The van der Waals surface area contributed by atoms with E-state index >= 15 is 0 Å². The fourth-order valence-electron chi connectivity index (χ4n) is 3.44. The largest absolute Gasteiger partial charge is 0.313 e. The van der Waals surface area contributed by atoms with Crippen molar-refractivity contribution >= 4 is 9.84 Å². The zero-order valence-electron chi connectivity index (χ0n) is 15.8. The normalized spacial score (nSPS) is 18.7. The van der Waals surface area contributed by atoms with Crippen LogP contribution in [0.4, 0.5) is 0 Å². The lowest BCUT2D eigenvalue weighted by Crippen LogP contribution is -2.31. The molecule has 3 rings (SSSR count). The summed E-state index contributed by atoms with van der Waals surface area (Å²) in [4.78, 5) is 8.93. The van der Waals surface area contributed by atoms with Crippen LogP contribution in [0.1, 0.15) is 24.6 Å². The van der Waals surface area contributed by atoms with E-state index in [1.807, 2.05) is 34.9 Å². The first-order valence-electron chi connectivity index (χ1n) is 9.10. The third-order valence-electron chi connectivity index (χ3n) is 5.11. The molecule has 1 fully saturated rings. The monoisotopic (exact) mass is 376 g/mol. The minimum absolute atomic E-state index is 0.0602. The Labute approximate surface area is 156 Å². The topological polar surface area (TPSA) is 58.4 Å². The molecule has 0 bridgehead atoms. The molecule has 2 aromatic rings. The molecule has 6 nitrogen and oxygen atoms in total. The number of likely N-dealkylation sites (tertiary alicyclic amines) is 1. The van der Waals surface area contributed by atoms with Crippen LogP contribution in [0.25, 0.3) is 0 Å². The van der Waals surface area contributed by atoms with Crippen molar-refractivity contribution in [3.05, 3.63) is 47.8 Å². The van der Waals surface area contributed by atoms with Gasteiger partial charge in [-0.15, -0.1) is 0 Å². The third-order valence-corrected chi connectivity index (χ3v) is 6.75. The van der Waals surface area contributed by atoms with Crippen LogP contribution in [0.2, 0.25) is 0 Å². The second-order valence-corrected chi connectivity index (χ2v) is 9.32. The highest BCUT2D eigenvalue weighted by molar-refractivity contribution is 7.91. The Morgan fingerprint density at radius 2 is 1.92 bits per heavy atom. The lowest BCUT2D eigenvalue weighted by molar-refractivity contribution is 0.261. The second-order valence-electron chi connectivity index (χ2n) is 7.15. The summed E-state index contributed by atoms with van der Waals surface area (Å²) in [5.41, 5.74) is 2.03. The third kappa shape index (κ3) is 4.16. The molecule has 0 spiro atoms. The van der Waals surface area contributed by atoms with Crippen molar-refractivity contribution in [2.75, 3.05) is 32.9 Å². The molecule has 7 heteroatoms. The van der Waals surface area contributed by atoms with Crippen LogP contribution in [0.3, 0.4) is 0 Å². The molecule has 1 aliphatic heterocycles. The molecule has 0 amide bonds. The van der Waals surface area contributed by atoms with E-state index in [2.05, 4.69) is 28.9 Å². The number of hydrogen-bond acceptors (Lipinski definition) is 5. The molecule has 1 saturated heterocycles. The maximum atomic E-state index is 12.5. The van der Waals surface area contributed by atoms with Gasteiger partial charge < -0.3 is 9.47 Å². The molecule has 1 aromatic carbocycles. The highest BCUT2D eigenvalue weighted by Gasteiger charge is 2.27. The summed E-state index contributed by atoms with van der Waals surface area (Å²) in [5, 5.41) is 0.183. The van der Waals surface area contributed by atoms with Crippen LogP contribution in [0.5, 0.6) is 0 Å². The van der Waals surface area contributed by atoms with Crippen LogP contribution in [0.15, 0.2) is 41.7 Å². The van der Waals surface area contributed by atoms with Gasteiger partial charge >= 0.3 is 0 Å². The van der Waals surface area contributed by atoms with Gasteiger partial charge in [-0.1, -0.05) is 37.3 Å². The molecule has 1 atom stereocenters. The molecule has 0 radical (unpaired) electrons. The Morgan fingerprint density at radius 3 is 2.54 bits per heavy atom. The van der Waals surface area contributed by atoms with E-state index in [0.717, 1.165) is 37.3 Å². The molecule has 0 aliphatic carbocycles. The maximum absolute atomic E-state index is 12.5. The van der Waals surface area contributed by atoms with Crippen molar-refractivity contribution < 1.29 is 8.42 Å². The van der Waals surface area contributed by atoms with Gasteiger partial charge in [0.25, 0.3) is 0 Å². The second kappa shape index (κ2) is 7.90. The summed E-state index contributed by atoms with van der Waals surface area (Å²) in [7, 11) is 0.861. The van der Waals surface area contributed by atoms with Crippen LogP contribution >= 0.6 is 0 Å². The number of nitrogens with zero attached hydrogens (tertiary/aromatic N) is 4. The number of hydrogen-bond donors (Lipinski definition) is 0. The highest BCUT2D eigenvalue weighted by atomic mass is 32.2. The van der Waals surface area contributed by atoms with Crippen molar-refractivity contribution in [2.45, 2.75) is 37.6 Å². The number of sulfone groups is 1. The number of imidazole rings is 1. The zero-order valence-corrected chi connectivity index (χ0v) is 16.6. The van der Waals surface area contributed by atoms with Crippen molar-refractivity contribution in [1.29, 1.82) is 0 Å². The maximum Gasteiger partial charge on any atom is 0.228 e. The summed E-state index contributed by atoms with van der Waals surface area (Å²) >= 11 is 0. The molecule has 0 saturated carbocycles. The number of benzene rings is 1. The Balaban J connectivity index is 1.88. The molecule has 2 heterocycles. The summed E-state index contributed by atoms with van der Waals surface area (Å²) in [5.74, 6) is 0.0602. The standard InChI is InChI=1S/C19H28N4O2S/c1-4-26(24,25)19-20-12-18(15-22-11-10-17(14-22)21(2)3)23(19)13-16-8-6-5-7-9-16/h5-9,12,17H,4,10-11,13-15H2,1-3H3/t17-/m0/s1. The average Bonchev–Trinajstić information content (AvgIpc) is 3.24. The molecule has 142 valence electrons. The first kappa shape index (κ1) is 19.1. The molecule has 0 N–H and O–H groups in total. The number of rotatable bonds is 7. The van der Waals surface area contributed by atoms with Gasteiger partial charge in [-0.25, -0.2) is 13.4 Å². The van der Waals surface area contributed by atoms with E-state index in [1.54, 1.807) is 13.1 Å². The first-order valence-corrected chi connectivity index (χ1v) is 10.8. The van der Waals surface area contributed by atoms with Gasteiger partial charge in [-0.05, 0) is 26.1 Å². The van der Waals surface area contributed by atoms with Crippen LogP contribution in [-0.4, -0.2) is 66.7 Å². The lowest BCUT2D eigenvalue weighted by atomic mass is 10.2. The summed E-state index contributed by atoms with van der Waals surface area (Å²) in [6.07, 6.45) is 2.87. The summed E-state index contributed by atoms with van der Waals surface area (Å²) in [6, 6.07) is 10.5. The zero-order chi connectivity index (χ0) is 18.7. The molecular weight excluding hydrogens is 348 g/mol. The minimum Gasteiger partial charge on any atom is -0.313 e. The van der Waals surface area contributed by atoms with E-state index in [9.17, 15) is 8.42 Å².